The summed E-state index contributed by atoms with van der Waals surface area (Å²) in [5.74, 6) is 0.173. The van der Waals surface area contributed by atoms with Crippen LogP contribution < -0.4 is 10.3 Å². The number of pyridine rings is 1. The molecule has 0 N–H and O–H groups in total. The van der Waals surface area contributed by atoms with Gasteiger partial charge in [0.15, 0.2) is 5.75 Å². The van der Waals surface area contributed by atoms with Crippen LogP contribution in [0.15, 0.2) is 47.4 Å². The van der Waals surface area contributed by atoms with Crippen molar-refractivity contribution < 1.29 is 9.53 Å². The van der Waals surface area contributed by atoms with Crippen molar-refractivity contribution in [3.05, 3.63) is 58.0 Å². The molecule has 0 radical (unpaired) electrons. The number of likely N-dealkylation sites (tertiary alicyclic amines) is 1. The van der Waals surface area contributed by atoms with E-state index in [1.807, 2.05) is 29.2 Å². The molecule has 1 aliphatic rings. The summed E-state index contributed by atoms with van der Waals surface area (Å²) in [7, 11) is 1.45. The van der Waals surface area contributed by atoms with E-state index in [0.29, 0.717) is 6.54 Å². The van der Waals surface area contributed by atoms with Crippen molar-refractivity contribution in [2.24, 2.45) is 0 Å². The van der Waals surface area contributed by atoms with Gasteiger partial charge in [-0.2, -0.15) is 0 Å². The maximum absolute atomic E-state index is 12.9. The minimum atomic E-state index is -0.293. The summed E-state index contributed by atoms with van der Waals surface area (Å²) in [5, 5.41) is 0.968. The van der Waals surface area contributed by atoms with Crippen LogP contribution in [0.4, 0.5) is 0 Å². The van der Waals surface area contributed by atoms with E-state index in [-0.39, 0.29) is 29.8 Å². The summed E-state index contributed by atoms with van der Waals surface area (Å²) in [4.78, 5) is 31.7. The molecule has 1 aliphatic heterocycles. The van der Waals surface area contributed by atoms with Crippen LogP contribution in [0.1, 0.15) is 23.9 Å². The topological polar surface area (TPSA) is 64.4 Å². The van der Waals surface area contributed by atoms with Crippen molar-refractivity contribution in [1.82, 2.24) is 14.5 Å². The lowest BCUT2D eigenvalue weighted by Crippen LogP contribution is -2.36. The normalized spacial score (nSPS) is 17.0. The maximum Gasteiger partial charge on any atom is 0.293 e. The highest BCUT2D eigenvalue weighted by atomic mass is 32.1. The maximum atomic E-state index is 12.9. The first-order valence-electron chi connectivity index (χ1n) is 8.56. The zero-order chi connectivity index (χ0) is 18.1. The molecule has 1 atom stereocenters. The average molecular weight is 369 g/mol. The van der Waals surface area contributed by atoms with E-state index < -0.39 is 0 Å². The largest absolute Gasteiger partial charge is 0.491 e. The van der Waals surface area contributed by atoms with Gasteiger partial charge in [-0.25, -0.2) is 4.98 Å². The Labute approximate surface area is 154 Å². The molecule has 0 spiro atoms. The number of hydrogen-bond acceptors (Lipinski definition) is 5. The number of hydrogen-bond donors (Lipinski definition) is 0. The average Bonchev–Trinajstić information content (AvgIpc) is 3.29. The second-order valence-corrected chi connectivity index (χ2v) is 7.34. The van der Waals surface area contributed by atoms with E-state index in [4.69, 9.17) is 9.72 Å². The van der Waals surface area contributed by atoms with Crippen LogP contribution in [0.5, 0.6) is 5.75 Å². The molecule has 4 rings (SSSR count). The number of ether oxygens (including phenoxy) is 1. The Morgan fingerprint density at radius 2 is 2.15 bits per heavy atom. The predicted octanol–water partition coefficient (Wildman–Crippen LogP) is 2.83. The molecule has 3 heterocycles. The molecule has 1 aromatic carbocycles. The van der Waals surface area contributed by atoms with Crippen molar-refractivity contribution in [1.29, 1.82) is 0 Å². The minimum absolute atomic E-state index is 0.0113. The Balaban J connectivity index is 1.58. The first kappa shape index (κ1) is 16.8. The first-order valence-corrected chi connectivity index (χ1v) is 9.37. The number of methoxy groups -OCH3 is 1. The molecule has 1 saturated heterocycles. The second kappa shape index (κ2) is 6.92. The van der Waals surface area contributed by atoms with Crippen LogP contribution in [0.2, 0.25) is 0 Å². The molecule has 1 unspecified atom stereocenters. The van der Waals surface area contributed by atoms with Gasteiger partial charge in [0.05, 0.1) is 23.4 Å². The van der Waals surface area contributed by atoms with Gasteiger partial charge in [-0.1, -0.05) is 12.1 Å². The standard InChI is InChI=1S/C19H19N3O3S/c1-25-15-8-5-10-21(19(15)24)12-17(23)22-11-4-7-14(22)18-20-13-6-2-3-9-16(13)26-18/h2-3,5-6,8-10,14H,4,7,11-12H2,1H3. The highest BCUT2D eigenvalue weighted by Crippen LogP contribution is 2.36. The molecule has 26 heavy (non-hydrogen) atoms. The Morgan fingerprint density at radius 3 is 2.96 bits per heavy atom. The van der Waals surface area contributed by atoms with Crippen LogP contribution in [0.3, 0.4) is 0 Å². The Hall–Kier alpha value is -2.67. The van der Waals surface area contributed by atoms with Gasteiger partial charge in [0.25, 0.3) is 5.56 Å². The quantitative estimate of drug-likeness (QED) is 0.709. The first-order chi connectivity index (χ1) is 12.7. The number of para-hydroxylation sites is 1. The number of aromatic nitrogens is 2. The number of amides is 1. The van der Waals surface area contributed by atoms with Gasteiger partial charge in [0.2, 0.25) is 5.91 Å². The van der Waals surface area contributed by atoms with Crippen molar-refractivity contribution >= 4 is 27.5 Å². The van der Waals surface area contributed by atoms with Crippen LogP contribution in [-0.4, -0.2) is 34.0 Å². The van der Waals surface area contributed by atoms with Crippen molar-refractivity contribution in [3.8, 4) is 5.75 Å². The number of nitrogens with zero attached hydrogens (tertiary/aromatic N) is 3. The lowest BCUT2D eigenvalue weighted by Gasteiger charge is -2.23. The number of carbonyl (C=O) groups is 1. The predicted molar refractivity (Wildman–Crippen MR) is 101 cm³/mol. The van der Waals surface area contributed by atoms with Crippen LogP contribution >= 0.6 is 11.3 Å². The Bertz CT molecular complexity index is 977. The summed E-state index contributed by atoms with van der Waals surface area (Å²) < 4.78 is 7.58. The van der Waals surface area contributed by atoms with Gasteiger partial charge in [-0.05, 0) is 37.1 Å². The highest BCUT2D eigenvalue weighted by Gasteiger charge is 2.32. The van der Waals surface area contributed by atoms with Crippen LogP contribution in [0, 0.1) is 0 Å². The van der Waals surface area contributed by atoms with E-state index in [0.717, 1.165) is 28.1 Å². The molecule has 0 bridgehead atoms. The van der Waals surface area contributed by atoms with Gasteiger partial charge in [0, 0.05) is 12.7 Å². The third kappa shape index (κ3) is 2.99. The summed E-state index contributed by atoms with van der Waals surface area (Å²) in [5.41, 5.74) is 0.676. The number of benzene rings is 1. The summed E-state index contributed by atoms with van der Waals surface area (Å²) in [6.07, 6.45) is 3.46. The van der Waals surface area contributed by atoms with Crippen molar-refractivity contribution in [3.63, 3.8) is 0 Å². The summed E-state index contributed by atoms with van der Waals surface area (Å²) >= 11 is 1.64. The fraction of sp³-hybridized carbons (Fsp3) is 0.316. The summed E-state index contributed by atoms with van der Waals surface area (Å²) in [6.45, 7) is 0.704. The molecule has 2 aromatic heterocycles. The lowest BCUT2D eigenvalue weighted by molar-refractivity contribution is -0.132. The minimum Gasteiger partial charge on any atom is -0.491 e. The third-order valence-electron chi connectivity index (χ3n) is 4.68. The molecule has 0 aliphatic carbocycles. The van der Waals surface area contributed by atoms with Gasteiger partial charge in [0.1, 0.15) is 11.6 Å². The van der Waals surface area contributed by atoms with Crippen molar-refractivity contribution in [2.45, 2.75) is 25.4 Å². The van der Waals surface area contributed by atoms with Crippen molar-refractivity contribution in [2.75, 3.05) is 13.7 Å². The Morgan fingerprint density at radius 1 is 1.31 bits per heavy atom. The molecular formula is C19H19N3O3S. The number of thiazole rings is 1. The molecule has 0 saturated carbocycles. The highest BCUT2D eigenvalue weighted by molar-refractivity contribution is 7.18. The lowest BCUT2D eigenvalue weighted by atomic mass is 10.2. The fourth-order valence-corrected chi connectivity index (χ4v) is 4.50. The molecule has 6 nitrogen and oxygen atoms in total. The van der Waals surface area contributed by atoms with Gasteiger partial charge >= 0.3 is 0 Å². The van der Waals surface area contributed by atoms with E-state index in [1.165, 1.54) is 11.7 Å². The van der Waals surface area contributed by atoms with Crippen LogP contribution in [0.25, 0.3) is 10.2 Å². The fourth-order valence-electron chi connectivity index (χ4n) is 3.39. The van der Waals surface area contributed by atoms with E-state index in [9.17, 15) is 9.59 Å². The zero-order valence-corrected chi connectivity index (χ0v) is 15.2. The smallest absolute Gasteiger partial charge is 0.293 e. The monoisotopic (exact) mass is 369 g/mol. The van der Waals surface area contributed by atoms with Gasteiger partial charge < -0.3 is 14.2 Å². The number of rotatable bonds is 4. The molecule has 134 valence electrons. The van der Waals surface area contributed by atoms with E-state index in [1.54, 1.807) is 29.7 Å². The van der Waals surface area contributed by atoms with E-state index in [2.05, 4.69) is 0 Å². The summed E-state index contributed by atoms with van der Waals surface area (Å²) in [6, 6.07) is 11.3. The van der Waals surface area contributed by atoms with Gasteiger partial charge in [-0.3, -0.25) is 9.59 Å². The SMILES string of the molecule is COc1cccn(CC(=O)N2CCCC2c2nc3ccccc3s2)c1=O. The van der Waals surface area contributed by atoms with Crippen LogP contribution in [-0.2, 0) is 11.3 Å². The zero-order valence-electron chi connectivity index (χ0n) is 14.4. The molecule has 1 fully saturated rings. The molecule has 3 aromatic rings. The Kier molecular flexibility index (Phi) is 4.46. The number of fused-ring (bicyclic) bond motifs is 1. The molecular weight excluding hydrogens is 350 g/mol. The second-order valence-electron chi connectivity index (χ2n) is 6.27. The molecule has 1 amide bonds. The molecule has 7 heteroatoms. The third-order valence-corrected chi connectivity index (χ3v) is 5.82. The van der Waals surface area contributed by atoms with Gasteiger partial charge in [-0.15, -0.1) is 11.3 Å². The number of carbonyl (C=O) groups excluding carboxylic acids is 1. The van der Waals surface area contributed by atoms with E-state index >= 15 is 0 Å².